The van der Waals surface area contributed by atoms with Crippen molar-refractivity contribution >= 4 is 23.3 Å². The number of aliphatic hydroxyl groups is 1. The molecule has 0 radical (unpaired) electrons. The minimum absolute atomic E-state index is 0.0739. The van der Waals surface area contributed by atoms with Crippen LogP contribution in [-0.2, 0) is 9.53 Å². The van der Waals surface area contributed by atoms with Gasteiger partial charge in [-0.25, -0.2) is 4.79 Å². The normalized spacial score (nSPS) is 11.3. The quantitative estimate of drug-likeness (QED) is 0.511. The SMILES string of the molecule is O=C(O[C@@H](C(=O)Nc1ccccc1)c1ccccc1)c1ccccc1NCCO. The number of ether oxygens (including phenoxy) is 1. The third-order valence-corrected chi connectivity index (χ3v) is 4.18. The van der Waals surface area contributed by atoms with E-state index in [1.807, 2.05) is 24.3 Å². The third-order valence-electron chi connectivity index (χ3n) is 4.18. The van der Waals surface area contributed by atoms with Gasteiger partial charge in [0, 0.05) is 23.5 Å². The summed E-state index contributed by atoms with van der Waals surface area (Å²) in [5.41, 5.74) is 1.99. The van der Waals surface area contributed by atoms with Gasteiger partial charge in [0.15, 0.2) is 0 Å². The van der Waals surface area contributed by atoms with E-state index in [4.69, 9.17) is 9.84 Å². The van der Waals surface area contributed by atoms with Crippen molar-refractivity contribution in [3.63, 3.8) is 0 Å². The molecule has 148 valence electrons. The van der Waals surface area contributed by atoms with E-state index < -0.39 is 18.0 Å². The highest BCUT2D eigenvalue weighted by molar-refractivity contribution is 6.00. The second kappa shape index (κ2) is 10.1. The molecule has 3 N–H and O–H groups in total. The molecule has 0 saturated carbocycles. The fourth-order valence-electron chi connectivity index (χ4n) is 2.81. The van der Waals surface area contributed by atoms with Gasteiger partial charge in [0.05, 0.1) is 12.2 Å². The number of aliphatic hydroxyl groups excluding tert-OH is 1. The molecule has 29 heavy (non-hydrogen) atoms. The number of hydrogen-bond donors (Lipinski definition) is 3. The molecular weight excluding hydrogens is 368 g/mol. The van der Waals surface area contributed by atoms with E-state index in [2.05, 4.69) is 10.6 Å². The molecule has 0 heterocycles. The summed E-state index contributed by atoms with van der Waals surface area (Å²) in [6.45, 7) is 0.219. The summed E-state index contributed by atoms with van der Waals surface area (Å²) in [6, 6.07) is 24.6. The predicted octanol–water partition coefficient (Wildman–Crippen LogP) is 3.63. The van der Waals surface area contributed by atoms with Gasteiger partial charge in [0.2, 0.25) is 6.10 Å². The summed E-state index contributed by atoms with van der Waals surface area (Å²) in [5.74, 6) is -1.08. The first-order valence-electron chi connectivity index (χ1n) is 9.24. The molecule has 0 unspecified atom stereocenters. The Bertz CT molecular complexity index is 945. The van der Waals surface area contributed by atoms with Crippen molar-refractivity contribution < 1.29 is 19.4 Å². The molecular formula is C23H22N2O4. The first-order valence-corrected chi connectivity index (χ1v) is 9.24. The molecule has 0 aliphatic carbocycles. The van der Waals surface area contributed by atoms with Crippen LogP contribution < -0.4 is 10.6 Å². The van der Waals surface area contributed by atoms with Gasteiger partial charge in [0.1, 0.15) is 0 Å². The Morgan fingerprint density at radius 1 is 0.862 bits per heavy atom. The lowest BCUT2D eigenvalue weighted by molar-refractivity contribution is -0.125. The molecule has 6 nitrogen and oxygen atoms in total. The average Bonchev–Trinajstić information content (AvgIpc) is 2.77. The molecule has 0 aliphatic heterocycles. The Hall–Kier alpha value is -3.64. The minimum Gasteiger partial charge on any atom is -0.444 e. The van der Waals surface area contributed by atoms with Gasteiger partial charge in [-0.3, -0.25) is 4.79 Å². The summed E-state index contributed by atoms with van der Waals surface area (Å²) in [7, 11) is 0. The molecule has 3 aromatic rings. The van der Waals surface area contributed by atoms with E-state index in [1.165, 1.54) is 0 Å². The van der Waals surface area contributed by atoms with Crippen molar-refractivity contribution in [1.82, 2.24) is 0 Å². The molecule has 6 heteroatoms. The first kappa shape index (κ1) is 20.1. The Kier molecular flexibility index (Phi) is 6.97. The van der Waals surface area contributed by atoms with Crippen LogP contribution in [-0.4, -0.2) is 30.1 Å². The summed E-state index contributed by atoms with van der Waals surface area (Å²) in [4.78, 5) is 25.8. The van der Waals surface area contributed by atoms with Crippen LogP contribution in [0.3, 0.4) is 0 Å². The van der Waals surface area contributed by atoms with Crippen molar-refractivity contribution in [2.24, 2.45) is 0 Å². The highest BCUT2D eigenvalue weighted by Crippen LogP contribution is 2.24. The maximum absolute atomic E-state index is 12.9. The Balaban J connectivity index is 1.84. The molecule has 1 atom stereocenters. The molecule has 0 bridgehead atoms. The maximum atomic E-state index is 12.9. The lowest BCUT2D eigenvalue weighted by Crippen LogP contribution is -2.26. The van der Waals surface area contributed by atoms with Gasteiger partial charge in [-0.2, -0.15) is 0 Å². The highest BCUT2D eigenvalue weighted by Gasteiger charge is 2.26. The molecule has 0 aromatic heterocycles. The second-order valence-corrected chi connectivity index (χ2v) is 6.25. The number of esters is 1. The monoisotopic (exact) mass is 390 g/mol. The topological polar surface area (TPSA) is 87.7 Å². The number of nitrogens with one attached hydrogen (secondary N) is 2. The van der Waals surface area contributed by atoms with E-state index >= 15 is 0 Å². The Morgan fingerprint density at radius 3 is 2.17 bits per heavy atom. The molecule has 0 spiro atoms. The van der Waals surface area contributed by atoms with Crippen LogP contribution in [0.25, 0.3) is 0 Å². The number of benzene rings is 3. The van der Waals surface area contributed by atoms with Crippen LogP contribution in [0.15, 0.2) is 84.9 Å². The van der Waals surface area contributed by atoms with E-state index in [9.17, 15) is 9.59 Å². The van der Waals surface area contributed by atoms with Crippen molar-refractivity contribution in [3.8, 4) is 0 Å². The van der Waals surface area contributed by atoms with Gasteiger partial charge in [-0.1, -0.05) is 60.7 Å². The predicted molar refractivity (Wildman–Crippen MR) is 112 cm³/mol. The molecule has 1 amide bonds. The fourth-order valence-corrected chi connectivity index (χ4v) is 2.81. The first-order chi connectivity index (χ1) is 14.2. The van der Waals surface area contributed by atoms with E-state index in [0.717, 1.165) is 0 Å². The van der Waals surface area contributed by atoms with Crippen molar-refractivity contribution in [1.29, 1.82) is 0 Å². The second-order valence-electron chi connectivity index (χ2n) is 6.25. The van der Waals surface area contributed by atoms with E-state index in [1.54, 1.807) is 60.7 Å². The van der Waals surface area contributed by atoms with Gasteiger partial charge in [0.25, 0.3) is 5.91 Å². The Labute approximate surface area is 169 Å². The summed E-state index contributed by atoms with van der Waals surface area (Å²) in [6.07, 6.45) is -1.12. The lowest BCUT2D eigenvalue weighted by Gasteiger charge is -2.19. The molecule has 0 saturated heterocycles. The van der Waals surface area contributed by atoms with Crippen LogP contribution in [0.1, 0.15) is 22.0 Å². The average molecular weight is 390 g/mol. The van der Waals surface area contributed by atoms with Gasteiger partial charge >= 0.3 is 5.97 Å². The number of rotatable bonds is 8. The van der Waals surface area contributed by atoms with Gasteiger partial charge in [-0.15, -0.1) is 0 Å². The largest absolute Gasteiger partial charge is 0.444 e. The van der Waals surface area contributed by atoms with Crippen LogP contribution in [0, 0.1) is 0 Å². The van der Waals surface area contributed by atoms with E-state index in [-0.39, 0.29) is 12.2 Å². The maximum Gasteiger partial charge on any atom is 0.341 e. The summed E-state index contributed by atoms with van der Waals surface area (Å²) in [5, 5.41) is 14.8. The summed E-state index contributed by atoms with van der Waals surface area (Å²) < 4.78 is 5.62. The number of amides is 1. The van der Waals surface area contributed by atoms with E-state index in [0.29, 0.717) is 23.5 Å². The number of carbonyl (C=O) groups excluding carboxylic acids is 2. The summed E-state index contributed by atoms with van der Waals surface area (Å²) >= 11 is 0. The molecule has 3 aromatic carbocycles. The number of para-hydroxylation sites is 2. The zero-order chi connectivity index (χ0) is 20.5. The van der Waals surface area contributed by atoms with Crippen molar-refractivity contribution in [2.75, 3.05) is 23.8 Å². The number of carbonyl (C=O) groups is 2. The van der Waals surface area contributed by atoms with Crippen molar-refractivity contribution in [3.05, 3.63) is 96.1 Å². The minimum atomic E-state index is -1.12. The fraction of sp³-hybridized carbons (Fsp3) is 0.130. The standard InChI is InChI=1S/C23H22N2O4/c26-16-15-24-20-14-8-7-13-19(20)23(28)29-21(17-9-3-1-4-10-17)22(27)25-18-11-5-2-6-12-18/h1-14,21,24,26H,15-16H2,(H,25,27)/t21-/m1/s1. The van der Waals surface area contributed by atoms with Gasteiger partial charge < -0.3 is 20.5 Å². The van der Waals surface area contributed by atoms with Crippen molar-refractivity contribution in [2.45, 2.75) is 6.10 Å². The molecule has 0 fully saturated rings. The molecule has 3 rings (SSSR count). The Morgan fingerprint density at radius 2 is 1.48 bits per heavy atom. The lowest BCUT2D eigenvalue weighted by atomic mass is 10.1. The highest BCUT2D eigenvalue weighted by atomic mass is 16.5. The van der Waals surface area contributed by atoms with Crippen LogP contribution in [0.2, 0.25) is 0 Å². The van der Waals surface area contributed by atoms with Crippen LogP contribution in [0.5, 0.6) is 0 Å². The van der Waals surface area contributed by atoms with Crippen LogP contribution in [0.4, 0.5) is 11.4 Å². The zero-order valence-electron chi connectivity index (χ0n) is 15.7. The van der Waals surface area contributed by atoms with Gasteiger partial charge in [-0.05, 0) is 24.3 Å². The number of anilines is 2. The smallest absolute Gasteiger partial charge is 0.341 e. The molecule has 0 aliphatic rings. The third kappa shape index (κ3) is 5.43. The number of hydrogen-bond acceptors (Lipinski definition) is 5. The van der Waals surface area contributed by atoms with Crippen LogP contribution >= 0.6 is 0 Å². The zero-order valence-corrected chi connectivity index (χ0v) is 15.7.